The van der Waals surface area contributed by atoms with Crippen LogP contribution in [0.2, 0.25) is 0 Å². The van der Waals surface area contributed by atoms with E-state index in [1.165, 1.54) is 5.56 Å². The molecular weight excluding hydrogens is 340 g/mol. The van der Waals surface area contributed by atoms with E-state index in [0.29, 0.717) is 6.54 Å². The Labute approximate surface area is 160 Å². The fourth-order valence-electron chi connectivity index (χ4n) is 3.04. The topological polar surface area (TPSA) is 50.8 Å². The second kappa shape index (κ2) is 9.90. The average Bonchev–Trinajstić information content (AvgIpc) is 2.72. The Morgan fingerprint density at radius 1 is 1.15 bits per heavy atom. The molecule has 1 N–H and O–H groups in total. The number of carbonyl (C=O) groups excluding carboxylic acids is 1. The van der Waals surface area contributed by atoms with Crippen molar-refractivity contribution in [3.05, 3.63) is 71.3 Å². The minimum Gasteiger partial charge on any atom is -0.497 e. The first-order chi connectivity index (χ1) is 13.2. The molecular formula is C22H26N2O3. The van der Waals surface area contributed by atoms with Crippen molar-refractivity contribution in [1.82, 2.24) is 10.2 Å². The summed E-state index contributed by atoms with van der Waals surface area (Å²) in [7, 11) is 1.63. The predicted molar refractivity (Wildman–Crippen MR) is 106 cm³/mol. The Morgan fingerprint density at radius 2 is 1.93 bits per heavy atom. The number of benzene rings is 2. The first-order valence-corrected chi connectivity index (χ1v) is 9.21. The van der Waals surface area contributed by atoms with Gasteiger partial charge in [0.2, 0.25) is 5.91 Å². The summed E-state index contributed by atoms with van der Waals surface area (Å²) in [6.07, 6.45) is 3.34. The summed E-state index contributed by atoms with van der Waals surface area (Å²) in [6, 6.07) is 15.9. The van der Waals surface area contributed by atoms with Gasteiger partial charge in [-0.25, -0.2) is 0 Å². The highest BCUT2D eigenvalue weighted by Crippen LogP contribution is 2.14. The monoisotopic (exact) mass is 366 g/mol. The van der Waals surface area contributed by atoms with Crippen molar-refractivity contribution in [3.8, 4) is 5.75 Å². The minimum atomic E-state index is -0.112. The zero-order valence-electron chi connectivity index (χ0n) is 15.7. The van der Waals surface area contributed by atoms with E-state index in [-0.39, 0.29) is 5.91 Å². The fourth-order valence-corrected chi connectivity index (χ4v) is 3.04. The second-order valence-corrected chi connectivity index (χ2v) is 6.48. The molecule has 0 spiro atoms. The van der Waals surface area contributed by atoms with Crippen molar-refractivity contribution < 1.29 is 14.3 Å². The Balaban J connectivity index is 1.56. The van der Waals surface area contributed by atoms with Crippen LogP contribution in [0.25, 0.3) is 6.08 Å². The summed E-state index contributed by atoms with van der Waals surface area (Å²) in [5.74, 6) is 0.661. The van der Waals surface area contributed by atoms with E-state index in [0.717, 1.165) is 49.7 Å². The third-order valence-electron chi connectivity index (χ3n) is 4.59. The van der Waals surface area contributed by atoms with Gasteiger partial charge in [0.05, 0.1) is 20.3 Å². The Hall–Kier alpha value is -2.63. The SMILES string of the molecule is COc1cccc(/C=C/C(=O)NCc2ccccc2CN2CCOCC2)c1. The maximum Gasteiger partial charge on any atom is 0.244 e. The van der Waals surface area contributed by atoms with E-state index in [4.69, 9.17) is 9.47 Å². The number of nitrogens with zero attached hydrogens (tertiary/aromatic N) is 1. The molecule has 142 valence electrons. The van der Waals surface area contributed by atoms with Gasteiger partial charge in [0.15, 0.2) is 0 Å². The van der Waals surface area contributed by atoms with Crippen molar-refractivity contribution in [3.63, 3.8) is 0 Å². The quantitative estimate of drug-likeness (QED) is 0.766. The Morgan fingerprint density at radius 3 is 2.70 bits per heavy atom. The third kappa shape index (κ3) is 5.94. The van der Waals surface area contributed by atoms with Gasteiger partial charge in [0, 0.05) is 32.3 Å². The number of amides is 1. The average molecular weight is 366 g/mol. The van der Waals surface area contributed by atoms with Gasteiger partial charge in [-0.1, -0.05) is 36.4 Å². The lowest BCUT2D eigenvalue weighted by Gasteiger charge is -2.27. The number of carbonyl (C=O) groups is 1. The zero-order chi connectivity index (χ0) is 18.9. The van der Waals surface area contributed by atoms with E-state index in [2.05, 4.69) is 22.3 Å². The van der Waals surface area contributed by atoms with Gasteiger partial charge in [-0.05, 0) is 34.9 Å². The van der Waals surface area contributed by atoms with Crippen LogP contribution >= 0.6 is 0 Å². The standard InChI is InChI=1S/C22H26N2O3/c1-26-21-8-4-5-18(15-21)9-10-22(25)23-16-19-6-2-3-7-20(19)17-24-11-13-27-14-12-24/h2-10,15H,11-14,16-17H2,1H3,(H,23,25)/b10-9+. The number of methoxy groups -OCH3 is 1. The van der Waals surface area contributed by atoms with Crippen LogP contribution in [0.1, 0.15) is 16.7 Å². The van der Waals surface area contributed by atoms with Crippen LogP contribution in [-0.2, 0) is 22.6 Å². The van der Waals surface area contributed by atoms with Crippen molar-refractivity contribution in [2.75, 3.05) is 33.4 Å². The number of morpholine rings is 1. The predicted octanol–water partition coefficient (Wildman–Crippen LogP) is 2.86. The third-order valence-corrected chi connectivity index (χ3v) is 4.59. The maximum atomic E-state index is 12.2. The second-order valence-electron chi connectivity index (χ2n) is 6.48. The molecule has 0 unspecified atom stereocenters. The van der Waals surface area contributed by atoms with Crippen LogP contribution in [0.5, 0.6) is 5.75 Å². The molecule has 0 saturated carbocycles. The maximum absolute atomic E-state index is 12.2. The highest BCUT2D eigenvalue weighted by Gasteiger charge is 2.12. The van der Waals surface area contributed by atoms with Crippen LogP contribution in [0.15, 0.2) is 54.6 Å². The van der Waals surface area contributed by atoms with E-state index < -0.39 is 0 Å². The van der Waals surface area contributed by atoms with Gasteiger partial charge in [-0.15, -0.1) is 0 Å². The van der Waals surface area contributed by atoms with Crippen molar-refractivity contribution in [1.29, 1.82) is 0 Å². The molecule has 2 aromatic carbocycles. The van der Waals surface area contributed by atoms with E-state index in [1.807, 2.05) is 36.4 Å². The van der Waals surface area contributed by atoms with Gasteiger partial charge in [-0.2, -0.15) is 0 Å². The molecule has 1 aliphatic rings. The van der Waals surface area contributed by atoms with Gasteiger partial charge >= 0.3 is 0 Å². The largest absolute Gasteiger partial charge is 0.497 e. The number of ether oxygens (including phenoxy) is 2. The smallest absolute Gasteiger partial charge is 0.244 e. The van der Waals surface area contributed by atoms with Crippen LogP contribution in [0, 0.1) is 0 Å². The molecule has 2 aromatic rings. The molecule has 0 atom stereocenters. The molecule has 0 bridgehead atoms. The van der Waals surface area contributed by atoms with Crippen LogP contribution < -0.4 is 10.1 Å². The van der Waals surface area contributed by atoms with E-state index in [1.54, 1.807) is 19.3 Å². The molecule has 0 radical (unpaired) electrons. The molecule has 1 fully saturated rings. The molecule has 5 nitrogen and oxygen atoms in total. The highest BCUT2D eigenvalue weighted by atomic mass is 16.5. The first-order valence-electron chi connectivity index (χ1n) is 9.21. The van der Waals surface area contributed by atoms with E-state index >= 15 is 0 Å². The summed E-state index contributed by atoms with van der Waals surface area (Å²) in [5, 5.41) is 2.98. The summed E-state index contributed by atoms with van der Waals surface area (Å²) >= 11 is 0. The molecule has 27 heavy (non-hydrogen) atoms. The summed E-state index contributed by atoms with van der Waals surface area (Å²) in [5.41, 5.74) is 3.32. The van der Waals surface area contributed by atoms with Crippen molar-refractivity contribution in [2.45, 2.75) is 13.1 Å². The zero-order valence-corrected chi connectivity index (χ0v) is 15.7. The molecule has 1 saturated heterocycles. The van der Waals surface area contributed by atoms with Crippen LogP contribution in [0.4, 0.5) is 0 Å². The Kier molecular flexibility index (Phi) is 7.02. The summed E-state index contributed by atoms with van der Waals surface area (Å²) in [4.78, 5) is 14.6. The fraction of sp³-hybridized carbons (Fsp3) is 0.318. The van der Waals surface area contributed by atoms with Crippen LogP contribution in [0.3, 0.4) is 0 Å². The van der Waals surface area contributed by atoms with Crippen molar-refractivity contribution >= 4 is 12.0 Å². The van der Waals surface area contributed by atoms with Gasteiger partial charge < -0.3 is 14.8 Å². The number of hydrogen-bond acceptors (Lipinski definition) is 4. The molecule has 0 aliphatic carbocycles. The van der Waals surface area contributed by atoms with Crippen molar-refractivity contribution in [2.24, 2.45) is 0 Å². The Bertz CT molecular complexity index is 783. The lowest BCUT2D eigenvalue weighted by Crippen LogP contribution is -2.36. The summed E-state index contributed by atoms with van der Waals surface area (Å²) in [6.45, 7) is 4.87. The molecule has 0 aromatic heterocycles. The normalized spacial score (nSPS) is 15.0. The number of rotatable bonds is 7. The number of nitrogens with one attached hydrogen (secondary N) is 1. The van der Waals surface area contributed by atoms with Gasteiger partial charge in [0.1, 0.15) is 5.75 Å². The lowest BCUT2D eigenvalue weighted by molar-refractivity contribution is -0.116. The van der Waals surface area contributed by atoms with Crippen LogP contribution in [-0.4, -0.2) is 44.2 Å². The molecule has 5 heteroatoms. The molecule has 1 amide bonds. The molecule has 1 aliphatic heterocycles. The highest BCUT2D eigenvalue weighted by molar-refractivity contribution is 5.91. The van der Waals surface area contributed by atoms with E-state index in [9.17, 15) is 4.79 Å². The minimum absolute atomic E-state index is 0.112. The lowest BCUT2D eigenvalue weighted by atomic mass is 10.1. The van der Waals surface area contributed by atoms with Gasteiger partial charge in [-0.3, -0.25) is 9.69 Å². The number of hydrogen-bond donors (Lipinski definition) is 1. The molecule has 1 heterocycles. The van der Waals surface area contributed by atoms with Gasteiger partial charge in [0.25, 0.3) is 0 Å². The molecule has 3 rings (SSSR count). The first kappa shape index (κ1) is 19.1. The summed E-state index contributed by atoms with van der Waals surface area (Å²) < 4.78 is 10.6.